The maximum atomic E-state index is 14.4. The number of hydrogen-bond acceptors (Lipinski definition) is 5. The van der Waals surface area contributed by atoms with E-state index in [1.165, 1.54) is 12.8 Å². The van der Waals surface area contributed by atoms with Gasteiger partial charge in [-0.05, 0) is 62.5 Å². The number of likely N-dealkylation sites (N-methyl/N-ethyl adjacent to an activating group) is 1. The van der Waals surface area contributed by atoms with Crippen LogP contribution in [0.2, 0.25) is 0 Å². The van der Waals surface area contributed by atoms with Crippen molar-refractivity contribution in [2.75, 3.05) is 18.9 Å². The smallest absolute Gasteiger partial charge is 0.246 e. The Hall–Kier alpha value is -2.92. The number of rotatable bonds is 5. The lowest BCUT2D eigenvalue weighted by Gasteiger charge is -2.40. The topological polar surface area (TPSA) is 96.8 Å². The van der Waals surface area contributed by atoms with Gasteiger partial charge in [-0.15, -0.1) is 0 Å². The molecule has 2 saturated heterocycles. The molecular formula is C32H45N5O3. The van der Waals surface area contributed by atoms with Crippen LogP contribution in [0.25, 0.3) is 0 Å². The van der Waals surface area contributed by atoms with Crippen molar-refractivity contribution in [1.82, 2.24) is 14.7 Å². The van der Waals surface area contributed by atoms with E-state index in [9.17, 15) is 19.6 Å². The Morgan fingerprint density at radius 1 is 1.20 bits per heavy atom. The molecule has 1 aromatic carbocycles. The lowest BCUT2D eigenvalue weighted by molar-refractivity contribution is -0.149. The van der Waals surface area contributed by atoms with Crippen LogP contribution in [-0.2, 0) is 19.8 Å². The van der Waals surface area contributed by atoms with E-state index in [1.807, 2.05) is 24.3 Å². The Bertz CT molecular complexity index is 1220. The third-order valence-electron chi connectivity index (χ3n) is 9.84. The van der Waals surface area contributed by atoms with Gasteiger partial charge in [-0.3, -0.25) is 19.3 Å². The summed E-state index contributed by atoms with van der Waals surface area (Å²) in [7, 11) is 1.77. The predicted molar refractivity (Wildman–Crippen MR) is 154 cm³/mol. The van der Waals surface area contributed by atoms with Crippen LogP contribution >= 0.6 is 0 Å². The number of fused-ring (bicyclic) bond motifs is 3. The molecule has 3 heterocycles. The Balaban J connectivity index is 1.44. The fourth-order valence-corrected chi connectivity index (χ4v) is 8.00. The van der Waals surface area contributed by atoms with Crippen molar-refractivity contribution in [3.8, 4) is 6.07 Å². The molecule has 1 spiro atoms. The van der Waals surface area contributed by atoms with Crippen LogP contribution in [0.15, 0.2) is 24.3 Å². The van der Waals surface area contributed by atoms with E-state index in [0.717, 1.165) is 30.5 Å². The summed E-state index contributed by atoms with van der Waals surface area (Å²) in [4.78, 5) is 47.6. The average molecular weight is 548 g/mol. The summed E-state index contributed by atoms with van der Waals surface area (Å²) in [5, 5.41) is 13.1. The quantitative estimate of drug-likeness (QED) is 0.593. The van der Waals surface area contributed by atoms with Gasteiger partial charge in [0.15, 0.2) is 0 Å². The predicted octanol–water partition coefficient (Wildman–Crippen LogP) is 4.31. The highest BCUT2D eigenvalue weighted by Gasteiger charge is 2.57. The molecule has 0 unspecified atom stereocenters. The second-order valence-electron chi connectivity index (χ2n) is 14.0. The highest BCUT2D eigenvalue weighted by Crippen LogP contribution is 2.47. The van der Waals surface area contributed by atoms with E-state index in [0.29, 0.717) is 18.4 Å². The largest absolute Gasteiger partial charge is 0.332 e. The molecule has 6 atom stereocenters. The molecule has 0 bridgehead atoms. The molecule has 3 fully saturated rings. The van der Waals surface area contributed by atoms with Gasteiger partial charge >= 0.3 is 0 Å². The fourth-order valence-electron chi connectivity index (χ4n) is 8.00. The summed E-state index contributed by atoms with van der Waals surface area (Å²) in [5.41, 5.74) is 0.409. The van der Waals surface area contributed by atoms with E-state index in [-0.39, 0.29) is 48.2 Å². The minimum atomic E-state index is -0.947. The molecule has 0 radical (unpaired) electrons. The number of likely N-dealkylation sites (tertiary alicyclic amines) is 2. The summed E-state index contributed by atoms with van der Waals surface area (Å²) in [6, 6.07) is 8.83. The van der Waals surface area contributed by atoms with Crippen molar-refractivity contribution < 1.29 is 14.4 Å². The summed E-state index contributed by atoms with van der Waals surface area (Å²) in [6.07, 6.45) is 6.28. The van der Waals surface area contributed by atoms with Gasteiger partial charge in [-0.2, -0.15) is 5.26 Å². The number of carbonyl (C=O) groups is 3. The summed E-state index contributed by atoms with van der Waals surface area (Å²) in [6.45, 7) is 10.7. The van der Waals surface area contributed by atoms with E-state index < -0.39 is 17.5 Å². The molecule has 1 aromatic rings. The first-order chi connectivity index (χ1) is 18.9. The molecule has 1 N–H and O–H groups in total. The SMILES string of the molecule is CC(C)N1[C@H](C(=O)N(C)[C@@H](CC(C)(C)C)C(=O)N2C[C@]3(C[C@H]2C#N)C(=O)Nc2ccccc23)C[C@@H]2CCCC[C@@H]21. The number of nitrogens with one attached hydrogen (secondary N) is 1. The summed E-state index contributed by atoms with van der Waals surface area (Å²) >= 11 is 0. The molecule has 0 aromatic heterocycles. The molecule has 8 heteroatoms. The van der Waals surface area contributed by atoms with Gasteiger partial charge < -0.3 is 15.1 Å². The average Bonchev–Trinajstić information content (AvgIpc) is 3.58. The monoisotopic (exact) mass is 547 g/mol. The Labute approximate surface area is 239 Å². The van der Waals surface area contributed by atoms with Gasteiger partial charge in [0, 0.05) is 37.8 Å². The first-order valence-electron chi connectivity index (χ1n) is 15.0. The third-order valence-corrected chi connectivity index (χ3v) is 9.84. The standard InChI is InChI=1S/C32H45N5O3/c1-20(2)37-25-14-10-7-11-21(25)15-26(37)28(38)35(6)27(17-31(3,4)5)29(39)36-19-32(16-22(36)18-33)23-12-8-9-13-24(23)34-30(32)40/h8-9,12-13,20-22,25-27H,7,10-11,14-17,19H2,1-6H3,(H,34,40)/t21-,22-,25-,26-,27-,32-/m0/s1. The minimum Gasteiger partial charge on any atom is -0.332 e. The minimum absolute atomic E-state index is 0.00271. The van der Waals surface area contributed by atoms with E-state index >= 15 is 0 Å². The zero-order valence-corrected chi connectivity index (χ0v) is 24.9. The maximum absolute atomic E-state index is 14.4. The van der Waals surface area contributed by atoms with E-state index in [4.69, 9.17) is 0 Å². The van der Waals surface area contributed by atoms with Gasteiger partial charge in [0.25, 0.3) is 0 Å². The number of hydrogen-bond donors (Lipinski definition) is 1. The number of nitrogens with zero attached hydrogens (tertiary/aromatic N) is 4. The van der Waals surface area contributed by atoms with E-state index in [1.54, 1.807) is 16.8 Å². The normalized spacial score (nSPS) is 30.6. The highest BCUT2D eigenvalue weighted by atomic mass is 16.2. The van der Waals surface area contributed by atoms with Gasteiger partial charge in [0.2, 0.25) is 17.7 Å². The molecule has 4 aliphatic rings. The molecule has 3 amide bonds. The number of nitriles is 1. The van der Waals surface area contributed by atoms with Crippen molar-refractivity contribution in [1.29, 1.82) is 5.26 Å². The molecule has 5 rings (SSSR count). The van der Waals surface area contributed by atoms with Crippen molar-refractivity contribution in [2.24, 2.45) is 11.3 Å². The maximum Gasteiger partial charge on any atom is 0.246 e. The number of carbonyl (C=O) groups excluding carboxylic acids is 3. The van der Waals surface area contributed by atoms with Crippen LogP contribution in [0.3, 0.4) is 0 Å². The third kappa shape index (κ3) is 4.81. The Morgan fingerprint density at radius 2 is 1.90 bits per heavy atom. The lowest BCUT2D eigenvalue weighted by Crippen LogP contribution is -2.57. The van der Waals surface area contributed by atoms with Crippen molar-refractivity contribution in [3.63, 3.8) is 0 Å². The molecule has 40 heavy (non-hydrogen) atoms. The molecular weight excluding hydrogens is 502 g/mol. The molecule has 3 aliphatic heterocycles. The summed E-state index contributed by atoms with van der Waals surface area (Å²) in [5.74, 6) is 0.120. The van der Waals surface area contributed by atoms with Crippen molar-refractivity contribution in [2.45, 2.75) is 115 Å². The van der Waals surface area contributed by atoms with Gasteiger partial charge in [-0.1, -0.05) is 51.8 Å². The number of para-hydroxylation sites is 1. The molecule has 216 valence electrons. The first kappa shape index (κ1) is 28.6. The zero-order chi connectivity index (χ0) is 29.0. The van der Waals surface area contributed by atoms with Crippen LogP contribution in [0.1, 0.15) is 85.1 Å². The van der Waals surface area contributed by atoms with Crippen LogP contribution in [0, 0.1) is 22.7 Å². The van der Waals surface area contributed by atoms with Crippen molar-refractivity contribution in [3.05, 3.63) is 29.8 Å². The van der Waals surface area contributed by atoms with Crippen LogP contribution in [-0.4, -0.2) is 76.2 Å². The Morgan fingerprint density at radius 3 is 2.58 bits per heavy atom. The van der Waals surface area contributed by atoms with Crippen LogP contribution in [0.4, 0.5) is 5.69 Å². The Kier molecular flexibility index (Phi) is 7.50. The van der Waals surface area contributed by atoms with Crippen LogP contribution in [0.5, 0.6) is 0 Å². The number of anilines is 1. The molecule has 1 aliphatic carbocycles. The second-order valence-corrected chi connectivity index (χ2v) is 14.0. The molecule has 1 saturated carbocycles. The number of benzene rings is 1. The van der Waals surface area contributed by atoms with Gasteiger partial charge in [0.05, 0.1) is 17.5 Å². The van der Waals surface area contributed by atoms with Gasteiger partial charge in [0.1, 0.15) is 12.1 Å². The van der Waals surface area contributed by atoms with Crippen molar-refractivity contribution >= 4 is 23.4 Å². The van der Waals surface area contributed by atoms with Gasteiger partial charge in [-0.25, -0.2) is 0 Å². The van der Waals surface area contributed by atoms with E-state index in [2.05, 4.69) is 50.9 Å². The zero-order valence-electron chi connectivity index (χ0n) is 24.9. The molecule has 8 nitrogen and oxygen atoms in total. The number of amides is 3. The second kappa shape index (κ2) is 10.5. The highest BCUT2D eigenvalue weighted by molar-refractivity contribution is 6.07. The summed E-state index contributed by atoms with van der Waals surface area (Å²) < 4.78 is 0. The first-order valence-corrected chi connectivity index (χ1v) is 15.0. The fraction of sp³-hybridized carbons (Fsp3) is 0.688. The van der Waals surface area contributed by atoms with Crippen LogP contribution < -0.4 is 5.32 Å². The lowest BCUT2D eigenvalue weighted by atomic mass is 9.80.